The number of rotatable bonds is 4. The summed E-state index contributed by atoms with van der Waals surface area (Å²) in [6, 6.07) is 8.94. The van der Waals surface area contributed by atoms with Gasteiger partial charge in [-0.1, -0.05) is 30.3 Å². The van der Waals surface area contributed by atoms with Crippen molar-refractivity contribution >= 4 is 17.6 Å². The Balaban J connectivity index is 3.28. The number of benzene rings is 1. The molecule has 2 unspecified atom stereocenters. The van der Waals surface area contributed by atoms with Gasteiger partial charge in [0, 0.05) is 0 Å². The van der Waals surface area contributed by atoms with Crippen LogP contribution in [0.3, 0.4) is 0 Å². The van der Waals surface area contributed by atoms with Gasteiger partial charge in [0.05, 0.1) is 5.38 Å². The normalized spacial score (nSPS) is 16.7. The Labute approximate surface area is 94.1 Å². The first kappa shape index (κ1) is 12.0. The number of carboxylic acid groups (broad SMARTS) is 1. The van der Waals surface area contributed by atoms with Gasteiger partial charge in [0.15, 0.2) is 5.54 Å². The van der Waals surface area contributed by atoms with Crippen LogP contribution in [0.2, 0.25) is 0 Å². The number of hydrogen-bond acceptors (Lipinski definition) is 2. The summed E-state index contributed by atoms with van der Waals surface area (Å²) in [5.41, 5.74) is -0.578. The number of carboxylic acids is 1. The zero-order valence-electron chi connectivity index (χ0n) is 8.70. The lowest BCUT2D eigenvalue weighted by Gasteiger charge is -2.32. The minimum atomic E-state index is -1.23. The van der Waals surface area contributed by atoms with Gasteiger partial charge in [-0.05, 0) is 19.5 Å². The fourth-order valence-corrected chi connectivity index (χ4v) is 2.00. The van der Waals surface area contributed by atoms with E-state index in [9.17, 15) is 9.90 Å². The topological polar surface area (TPSA) is 49.3 Å². The minimum Gasteiger partial charge on any atom is -0.480 e. The summed E-state index contributed by atoms with van der Waals surface area (Å²) < 4.78 is 0. The fourth-order valence-electron chi connectivity index (χ4n) is 1.67. The van der Waals surface area contributed by atoms with E-state index in [-0.39, 0.29) is 0 Å². The number of hydrogen-bond donors (Lipinski definition) is 2. The Kier molecular flexibility index (Phi) is 3.72. The van der Waals surface area contributed by atoms with E-state index in [1.54, 1.807) is 38.2 Å². The molecule has 1 aromatic rings. The Morgan fingerprint density at radius 1 is 1.47 bits per heavy atom. The molecule has 0 amide bonds. The average molecular weight is 228 g/mol. The molecule has 0 saturated heterocycles. The molecule has 1 aromatic carbocycles. The highest BCUT2D eigenvalue weighted by molar-refractivity contribution is 6.23. The molecule has 0 aliphatic rings. The van der Waals surface area contributed by atoms with E-state index in [0.29, 0.717) is 5.56 Å². The summed E-state index contributed by atoms with van der Waals surface area (Å²) in [5, 5.41) is 11.5. The highest BCUT2D eigenvalue weighted by atomic mass is 35.5. The van der Waals surface area contributed by atoms with Crippen molar-refractivity contribution in [1.29, 1.82) is 0 Å². The van der Waals surface area contributed by atoms with Gasteiger partial charge < -0.3 is 5.11 Å². The highest BCUT2D eigenvalue weighted by Crippen LogP contribution is 2.28. The van der Waals surface area contributed by atoms with Crippen LogP contribution < -0.4 is 5.32 Å². The molecule has 0 fully saturated rings. The first-order valence-electron chi connectivity index (χ1n) is 4.67. The molecule has 0 radical (unpaired) electrons. The zero-order chi connectivity index (χ0) is 11.5. The van der Waals surface area contributed by atoms with Gasteiger partial charge in [-0.2, -0.15) is 0 Å². The molecule has 0 heterocycles. The van der Waals surface area contributed by atoms with Crippen molar-refractivity contribution in [3.8, 4) is 0 Å². The lowest BCUT2D eigenvalue weighted by atomic mass is 9.87. The van der Waals surface area contributed by atoms with Gasteiger partial charge >= 0.3 is 5.97 Å². The smallest absolute Gasteiger partial charge is 0.330 e. The predicted octanol–water partition coefficient (Wildman–Crippen LogP) is 1.81. The minimum absolute atomic E-state index is 0.553. The number of likely N-dealkylation sites (N-methyl/N-ethyl adjacent to an activating group) is 1. The van der Waals surface area contributed by atoms with Crippen molar-refractivity contribution in [2.24, 2.45) is 0 Å². The summed E-state index contributed by atoms with van der Waals surface area (Å²) in [6.45, 7) is 1.67. The second kappa shape index (κ2) is 4.64. The van der Waals surface area contributed by atoms with Gasteiger partial charge in [-0.25, -0.2) is 4.79 Å². The second-order valence-electron chi connectivity index (χ2n) is 3.35. The lowest BCUT2D eigenvalue weighted by Crippen LogP contribution is -2.53. The Morgan fingerprint density at radius 2 is 2.00 bits per heavy atom. The zero-order valence-corrected chi connectivity index (χ0v) is 9.45. The van der Waals surface area contributed by atoms with Gasteiger partial charge in [0.1, 0.15) is 0 Å². The van der Waals surface area contributed by atoms with E-state index in [1.165, 1.54) is 0 Å². The number of aliphatic carboxylic acids is 1. The van der Waals surface area contributed by atoms with Crippen LogP contribution in [-0.2, 0) is 10.3 Å². The van der Waals surface area contributed by atoms with Crippen molar-refractivity contribution in [3.63, 3.8) is 0 Å². The number of carbonyl (C=O) groups is 1. The maximum atomic E-state index is 11.3. The van der Waals surface area contributed by atoms with Crippen LogP contribution in [0.4, 0.5) is 0 Å². The van der Waals surface area contributed by atoms with Crippen LogP contribution in [0.15, 0.2) is 30.3 Å². The van der Waals surface area contributed by atoms with E-state index in [0.717, 1.165) is 0 Å². The number of alkyl halides is 1. The summed E-state index contributed by atoms with van der Waals surface area (Å²) in [6.07, 6.45) is 0. The third-order valence-corrected chi connectivity index (χ3v) is 2.88. The van der Waals surface area contributed by atoms with Gasteiger partial charge in [-0.3, -0.25) is 5.32 Å². The van der Waals surface area contributed by atoms with Crippen LogP contribution in [-0.4, -0.2) is 23.5 Å². The molecule has 3 nitrogen and oxygen atoms in total. The van der Waals surface area contributed by atoms with E-state index >= 15 is 0 Å². The van der Waals surface area contributed by atoms with Gasteiger partial charge in [0.25, 0.3) is 0 Å². The third kappa shape index (κ3) is 1.98. The maximum Gasteiger partial charge on any atom is 0.330 e. The van der Waals surface area contributed by atoms with E-state index in [2.05, 4.69) is 5.32 Å². The molecule has 4 heteroatoms. The van der Waals surface area contributed by atoms with Crippen LogP contribution in [0.1, 0.15) is 12.5 Å². The maximum absolute atomic E-state index is 11.3. The van der Waals surface area contributed by atoms with Crippen molar-refractivity contribution in [3.05, 3.63) is 35.9 Å². The summed E-state index contributed by atoms with van der Waals surface area (Å²) >= 11 is 5.99. The van der Waals surface area contributed by atoms with Crippen LogP contribution in [0, 0.1) is 0 Å². The van der Waals surface area contributed by atoms with Crippen molar-refractivity contribution in [2.45, 2.75) is 17.8 Å². The van der Waals surface area contributed by atoms with Crippen LogP contribution in [0.25, 0.3) is 0 Å². The van der Waals surface area contributed by atoms with E-state index in [4.69, 9.17) is 11.6 Å². The molecule has 0 spiro atoms. The molecule has 0 aliphatic carbocycles. The Bertz CT molecular complexity index is 340. The third-order valence-electron chi connectivity index (χ3n) is 2.56. The molecule has 1 rings (SSSR count). The predicted molar refractivity (Wildman–Crippen MR) is 60.1 cm³/mol. The molecular formula is C11H14ClNO2. The van der Waals surface area contributed by atoms with Crippen molar-refractivity contribution in [2.75, 3.05) is 7.05 Å². The monoisotopic (exact) mass is 227 g/mol. The molecule has 15 heavy (non-hydrogen) atoms. The largest absolute Gasteiger partial charge is 0.480 e. The standard InChI is InChI=1S/C11H14ClNO2/c1-8(12)11(13-2,10(14)15)9-6-4-3-5-7-9/h3-8,13H,1-2H3,(H,14,15). The second-order valence-corrected chi connectivity index (χ2v) is 4.00. The lowest BCUT2D eigenvalue weighted by molar-refractivity contribution is -0.145. The molecule has 2 atom stereocenters. The number of nitrogens with one attached hydrogen (secondary N) is 1. The molecule has 0 bridgehead atoms. The van der Waals surface area contributed by atoms with Gasteiger partial charge in [0.2, 0.25) is 0 Å². The SMILES string of the molecule is CNC(C(=O)O)(c1ccccc1)C(C)Cl. The Morgan fingerprint density at radius 3 is 2.33 bits per heavy atom. The van der Waals surface area contributed by atoms with Crippen LogP contribution >= 0.6 is 11.6 Å². The number of halogens is 1. The molecule has 2 N–H and O–H groups in total. The van der Waals surface area contributed by atoms with Crippen LogP contribution in [0.5, 0.6) is 0 Å². The average Bonchev–Trinajstić information content (AvgIpc) is 2.20. The molecule has 0 aliphatic heterocycles. The van der Waals surface area contributed by atoms with Crippen molar-refractivity contribution in [1.82, 2.24) is 5.32 Å². The molecule has 0 aromatic heterocycles. The highest BCUT2D eigenvalue weighted by Gasteiger charge is 2.43. The Hall–Kier alpha value is -1.06. The first-order chi connectivity index (χ1) is 7.05. The van der Waals surface area contributed by atoms with Crippen molar-refractivity contribution < 1.29 is 9.90 Å². The van der Waals surface area contributed by atoms with E-state index < -0.39 is 16.9 Å². The molecular weight excluding hydrogens is 214 g/mol. The molecule has 0 saturated carbocycles. The van der Waals surface area contributed by atoms with Gasteiger partial charge in [-0.15, -0.1) is 11.6 Å². The summed E-state index contributed by atoms with van der Waals surface area (Å²) in [4.78, 5) is 11.3. The van der Waals surface area contributed by atoms with E-state index in [1.807, 2.05) is 6.07 Å². The molecule has 82 valence electrons. The quantitative estimate of drug-likeness (QED) is 0.772. The first-order valence-corrected chi connectivity index (χ1v) is 5.11. The summed E-state index contributed by atoms with van der Waals surface area (Å²) in [5.74, 6) is -0.973. The fraction of sp³-hybridized carbons (Fsp3) is 0.364. The summed E-state index contributed by atoms with van der Waals surface area (Å²) in [7, 11) is 1.60.